The molecule has 2 aromatic rings. The highest BCUT2D eigenvalue weighted by atomic mass is 19.1. The third-order valence-electron chi connectivity index (χ3n) is 7.54. The van der Waals surface area contributed by atoms with Crippen LogP contribution in [0.5, 0.6) is 11.8 Å². The molecule has 1 aliphatic heterocycles. The van der Waals surface area contributed by atoms with E-state index in [1.165, 1.54) is 4.57 Å². The van der Waals surface area contributed by atoms with Crippen LogP contribution >= 0.6 is 0 Å². The highest BCUT2D eigenvalue weighted by Gasteiger charge is 2.51. The number of ketones is 1. The number of aryl methyl sites for hydroxylation is 1. The van der Waals surface area contributed by atoms with Crippen molar-refractivity contribution in [2.24, 2.45) is 18.4 Å². The van der Waals surface area contributed by atoms with E-state index in [0.717, 1.165) is 57.8 Å². The second-order valence-electron chi connectivity index (χ2n) is 10.8. The number of hydrogen-bond acceptors (Lipinski definition) is 6. The Morgan fingerprint density at radius 1 is 1.17 bits per heavy atom. The van der Waals surface area contributed by atoms with E-state index in [1.807, 2.05) is 6.92 Å². The van der Waals surface area contributed by atoms with Gasteiger partial charge in [-0.05, 0) is 51.4 Å². The molecule has 7 nitrogen and oxygen atoms in total. The van der Waals surface area contributed by atoms with Crippen LogP contribution in [0, 0.1) is 23.0 Å². The molecule has 5 rings (SSSR count). The Balaban J connectivity index is 1.19. The van der Waals surface area contributed by atoms with E-state index in [4.69, 9.17) is 18.9 Å². The summed E-state index contributed by atoms with van der Waals surface area (Å²) in [6.07, 6.45) is 5.23. The second-order valence-corrected chi connectivity index (χ2v) is 10.8. The first-order valence-corrected chi connectivity index (χ1v) is 12.6. The molecule has 1 spiro atoms. The standard InChI is InChI=1S/C26H34F2N2O5/c1-15(8-16(2)31)12-33-17-4-6-18(7-5-17)35-25-29-23-20(27)9-21(22(28)24(23)30(25)3)34-19-10-26(11-19)13-32-14-26/h9,15,17-19H,4-8,10-14H2,1-3H3/t15-,17?,18?/m1/s1. The molecular weight excluding hydrogens is 458 g/mol. The first-order valence-electron chi connectivity index (χ1n) is 12.6. The number of ether oxygens (including phenoxy) is 4. The summed E-state index contributed by atoms with van der Waals surface area (Å²) >= 11 is 0. The zero-order valence-corrected chi connectivity index (χ0v) is 20.6. The zero-order valence-electron chi connectivity index (χ0n) is 20.6. The first kappa shape index (κ1) is 24.4. The van der Waals surface area contributed by atoms with Crippen molar-refractivity contribution in [1.29, 1.82) is 0 Å². The van der Waals surface area contributed by atoms with Crippen LogP contribution in [0.2, 0.25) is 0 Å². The monoisotopic (exact) mass is 492 g/mol. The van der Waals surface area contributed by atoms with Crippen LogP contribution in [0.25, 0.3) is 11.0 Å². The fraction of sp³-hybridized carbons (Fsp3) is 0.692. The number of nitrogens with zero attached hydrogens (tertiary/aromatic N) is 2. The van der Waals surface area contributed by atoms with Gasteiger partial charge in [-0.15, -0.1) is 0 Å². The molecule has 1 aromatic carbocycles. The quantitative estimate of drug-likeness (QED) is 0.504. The van der Waals surface area contributed by atoms with Crippen molar-refractivity contribution < 1.29 is 32.5 Å². The van der Waals surface area contributed by atoms with Crippen molar-refractivity contribution in [3.05, 3.63) is 17.7 Å². The lowest BCUT2D eigenvalue weighted by molar-refractivity contribution is -0.191. The van der Waals surface area contributed by atoms with Gasteiger partial charge >= 0.3 is 0 Å². The maximum absolute atomic E-state index is 15.3. The number of hydrogen-bond donors (Lipinski definition) is 0. The van der Waals surface area contributed by atoms with Gasteiger partial charge in [0.1, 0.15) is 29.0 Å². The highest BCUT2D eigenvalue weighted by Crippen LogP contribution is 2.48. The molecule has 2 aliphatic carbocycles. The third kappa shape index (κ3) is 5.03. The lowest BCUT2D eigenvalue weighted by atomic mass is 9.65. The van der Waals surface area contributed by atoms with Gasteiger partial charge in [-0.3, -0.25) is 4.57 Å². The van der Waals surface area contributed by atoms with Gasteiger partial charge < -0.3 is 23.7 Å². The van der Waals surface area contributed by atoms with E-state index in [0.29, 0.717) is 13.0 Å². The smallest absolute Gasteiger partial charge is 0.297 e. The minimum Gasteiger partial charge on any atom is -0.487 e. The molecule has 0 unspecified atom stereocenters. The normalized spacial score (nSPS) is 24.7. The maximum atomic E-state index is 15.3. The van der Waals surface area contributed by atoms with Crippen LogP contribution in [0.1, 0.15) is 58.8 Å². The number of rotatable bonds is 9. The van der Waals surface area contributed by atoms with Crippen molar-refractivity contribution in [1.82, 2.24) is 9.55 Å². The van der Waals surface area contributed by atoms with Crippen molar-refractivity contribution >= 4 is 16.8 Å². The van der Waals surface area contributed by atoms with Crippen LogP contribution in [-0.4, -0.2) is 53.5 Å². The summed E-state index contributed by atoms with van der Waals surface area (Å²) in [6.45, 7) is 5.62. The molecule has 2 heterocycles. The lowest BCUT2D eigenvalue weighted by Gasteiger charge is -2.52. The summed E-state index contributed by atoms with van der Waals surface area (Å²) in [4.78, 5) is 15.5. The van der Waals surface area contributed by atoms with Crippen molar-refractivity contribution in [2.75, 3.05) is 19.8 Å². The summed E-state index contributed by atoms with van der Waals surface area (Å²) in [5.74, 6) is -0.944. The lowest BCUT2D eigenvalue weighted by Crippen LogP contribution is -2.56. The predicted octanol–water partition coefficient (Wildman–Crippen LogP) is 4.73. The molecule has 192 valence electrons. The molecule has 0 N–H and O–H groups in total. The number of fused-ring (bicyclic) bond motifs is 1. The van der Waals surface area contributed by atoms with Gasteiger partial charge in [0.2, 0.25) is 0 Å². The molecular formula is C26H34F2N2O5. The number of benzene rings is 1. The van der Waals surface area contributed by atoms with Crippen molar-refractivity contribution in [3.63, 3.8) is 0 Å². The van der Waals surface area contributed by atoms with E-state index >= 15 is 4.39 Å². The van der Waals surface area contributed by atoms with Gasteiger partial charge in [0.25, 0.3) is 6.01 Å². The second kappa shape index (κ2) is 9.65. The van der Waals surface area contributed by atoms with Crippen LogP contribution in [0.4, 0.5) is 8.78 Å². The minimum absolute atomic E-state index is 0.0486. The van der Waals surface area contributed by atoms with E-state index in [-0.39, 0.29) is 58.2 Å². The summed E-state index contributed by atoms with van der Waals surface area (Å²) in [5.41, 5.74) is 0.169. The van der Waals surface area contributed by atoms with Gasteiger partial charge in [0.15, 0.2) is 17.4 Å². The summed E-state index contributed by atoms with van der Waals surface area (Å²) < 4.78 is 54.8. The fourth-order valence-electron chi connectivity index (χ4n) is 5.56. The Kier molecular flexibility index (Phi) is 6.74. The summed E-state index contributed by atoms with van der Waals surface area (Å²) in [7, 11) is 1.63. The number of imidazole rings is 1. The average Bonchev–Trinajstić information content (AvgIpc) is 3.08. The van der Waals surface area contributed by atoms with Gasteiger partial charge in [-0.25, -0.2) is 8.78 Å². The van der Waals surface area contributed by atoms with Crippen molar-refractivity contribution in [2.45, 2.75) is 77.1 Å². The van der Waals surface area contributed by atoms with Crippen LogP contribution in [-0.2, 0) is 21.3 Å². The zero-order chi connectivity index (χ0) is 24.7. The minimum atomic E-state index is -0.625. The van der Waals surface area contributed by atoms with Gasteiger partial charge in [-0.1, -0.05) is 6.92 Å². The number of Topliss-reactive ketones (excluding diaryl/α,β-unsaturated/α-hetero) is 1. The number of halogens is 2. The Bertz CT molecular complexity index is 1080. The molecule has 3 aliphatic rings. The Labute approximate surface area is 204 Å². The Morgan fingerprint density at radius 2 is 1.86 bits per heavy atom. The Hall–Kier alpha value is -2.26. The Morgan fingerprint density at radius 3 is 2.49 bits per heavy atom. The van der Waals surface area contributed by atoms with Crippen LogP contribution in [0.15, 0.2) is 6.07 Å². The maximum Gasteiger partial charge on any atom is 0.297 e. The number of aromatic nitrogens is 2. The topological polar surface area (TPSA) is 71.8 Å². The number of carbonyl (C=O) groups excluding carboxylic acids is 1. The molecule has 0 amide bonds. The first-order chi connectivity index (χ1) is 16.7. The SMILES string of the molecule is CC(=O)C[C@@H](C)COC1CCC(Oc2nc3c(F)cc(OC4CC5(COC5)C4)c(F)c3n2C)CC1. The third-order valence-corrected chi connectivity index (χ3v) is 7.54. The average molecular weight is 493 g/mol. The molecule has 1 atom stereocenters. The van der Waals surface area contributed by atoms with E-state index in [9.17, 15) is 9.18 Å². The molecule has 1 aromatic heterocycles. The molecule has 35 heavy (non-hydrogen) atoms. The molecule has 9 heteroatoms. The number of carbonyl (C=O) groups is 1. The van der Waals surface area contributed by atoms with Crippen LogP contribution < -0.4 is 9.47 Å². The molecule has 2 saturated carbocycles. The summed E-state index contributed by atoms with van der Waals surface area (Å²) in [6, 6.07) is 1.29. The molecule has 1 saturated heterocycles. The molecule has 0 radical (unpaired) electrons. The largest absolute Gasteiger partial charge is 0.487 e. The van der Waals surface area contributed by atoms with Crippen LogP contribution in [0.3, 0.4) is 0 Å². The van der Waals surface area contributed by atoms with Gasteiger partial charge in [-0.2, -0.15) is 4.98 Å². The van der Waals surface area contributed by atoms with Gasteiger partial charge in [0, 0.05) is 31.6 Å². The molecule has 0 bridgehead atoms. The van der Waals surface area contributed by atoms with E-state index in [1.54, 1.807) is 14.0 Å². The predicted molar refractivity (Wildman–Crippen MR) is 125 cm³/mol. The van der Waals surface area contributed by atoms with Crippen molar-refractivity contribution in [3.8, 4) is 11.8 Å². The van der Waals surface area contributed by atoms with E-state index < -0.39 is 11.6 Å². The molecule has 3 fully saturated rings. The summed E-state index contributed by atoms with van der Waals surface area (Å²) in [5, 5.41) is 0. The van der Waals surface area contributed by atoms with E-state index in [2.05, 4.69) is 4.98 Å². The van der Waals surface area contributed by atoms with Gasteiger partial charge in [0.05, 0.1) is 19.3 Å². The fourth-order valence-corrected chi connectivity index (χ4v) is 5.56. The highest BCUT2D eigenvalue weighted by molar-refractivity contribution is 5.80.